The Morgan fingerprint density at radius 2 is 1.79 bits per heavy atom. The minimum Gasteiger partial charge on any atom is -0.497 e. The second-order valence-corrected chi connectivity index (χ2v) is 4.87. The number of nitrogens with one attached hydrogen (secondary N) is 1. The SMILES string of the molecule is COc1ccc(OCC(=O)NC2CCCCC2)cc1. The zero-order chi connectivity index (χ0) is 13.5. The number of ether oxygens (including phenoxy) is 2. The fourth-order valence-corrected chi connectivity index (χ4v) is 2.34. The van der Waals surface area contributed by atoms with E-state index in [0.29, 0.717) is 11.8 Å². The van der Waals surface area contributed by atoms with Crippen LogP contribution in [0.2, 0.25) is 0 Å². The molecule has 104 valence electrons. The van der Waals surface area contributed by atoms with Gasteiger partial charge in [0.25, 0.3) is 5.91 Å². The van der Waals surface area contributed by atoms with Crippen LogP contribution in [-0.4, -0.2) is 25.7 Å². The Labute approximate surface area is 114 Å². The second-order valence-electron chi connectivity index (χ2n) is 4.87. The number of hydrogen-bond acceptors (Lipinski definition) is 3. The zero-order valence-electron chi connectivity index (χ0n) is 11.4. The van der Waals surface area contributed by atoms with Crippen molar-refractivity contribution < 1.29 is 14.3 Å². The first kappa shape index (κ1) is 13.7. The fourth-order valence-electron chi connectivity index (χ4n) is 2.34. The standard InChI is InChI=1S/C15H21NO3/c1-18-13-7-9-14(10-8-13)19-11-15(17)16-12-5-3-2-4-6-12/h7-10,12H,2-6,11H2,1H3,(H,16,17). The molecule has 2 rings (SSSR count). The Balaban J connectivity index is 1.72. The van der Waals surface area contributed by atoms with E-state index in [4.69, 9.17) is 9.47 Å². The zero-order valence-corrected chi connectivity index (χ0v) is 11.4. The fraction of sp³-hybridized carbons (Fsp3) is 0.533. The van der Waals surface area contributed by atoms with E-state index in [1.165, 1.54) is 19.3 Å². The molecule has 1 aromatic rings. The summed E-state index contributed by atoms with van der Waals surface area (Å²) in [6.07, 6.45) is 5.89. The van der Waals surface area contributed by atoms with Crippen LogP contribution in [0.3, 0.4) is 0 Å². The van der Waals surface area contributed by atoms with E-state index in [9.17, 15) is 4.79 Å². The molecule has 0 heterocycles. The number of carbonyl (C=O) groups is 1. The highest BCUT2D eigenvalue weighted by molar-refractivity contribution is 5.77. The molecule has 1 aliphatic rings. The molecule has 4 nitrogen and oxygen atoms in total. The number of hydrogen-bond donors (Lipinski definition) is 1. The molecule has 0 spiro atoms. The summed E-state index contributed by atoms with van der Waals surface area (Å²) in [6.45, 7) is 0.0723. The number of rotatable bonds is 5. The Morgan fingerprint density at radius 1 is 1.16 bits per heavy atom. The minimum absolute atomic E-state index is 0.0391. The molecule has 0 aliphatic heterocycles. The third kappa shape index (κ3) is 4.47. The van der Waals surface area contributed by atoms with Crippen molar-refractivity contribution in [2.75, 3.05) is 13.7 Å². The predicted molar refractivity (Wildman–Crippen MR) is 73.5 cm³/mol. The molecule has 19 heavy (non-hydrogen) atoms. The Bertz CT molecular complexity index is 396. The van der Waals surface area contributed by atoms with Crippen molar-refractivity contribution in [3.8, 4) is 11.5 Å². The molecule has 0 saturated heterocycles. The maximum atomic E-state index is 11.7. The summed E-state index contributed by atoms with van der Waals surface area (Å²) in [5.74, 6) is 1.42. The molecule has 0 atom stereocenters. The van der Waals surface area contributed by atoms with Gasteiger partial charge in [0.15, 0.2) is 6.61 Å². The lowest BCUT2D eigenvalue weighted by Crippen LogP contribution is -2.38. The van der Waals surface area contributed by atoms with E-state index in [-0.39, 0.29) is 12.5 Å². The minimum atomic E-state index is -0.0391. The van der Waals surface area contributed by atoms with Crippen LogP contribution >= 0.6 is 0 Å². The highest BCUT2D eigenvalue weighted by Crippen LogP contribution is 2.18. The van der Waals surface area contributed by atoms with Gasteiger partial charge in [0, 0.05) is 6.04 Å². The highest BCUT2D eigenvalue weighted by Gasteiger charge is 2.15. The first-order valence-electron chi connectivity index (χ1n) is 6.84. The van der Waals surface area contributed by atoms with E-state index in [0.717, 1.165) is 18.6 Å². The number of methoxy groups -OCH3 is 1. The molecule has 0 bridgehead atoms. The van der Waals surface area contributed by atoms with E-state index in [2.05, 4.69) is 5.32 Å². The average molecular weight is 263 g/mol. The summed E-state index contributed by atoms with van der Waals surface area (Å²) in [6, 6.07) is 7.56. The van der Waals surface area contributed by atoms with Gasteiger partial charge in [-0.2, -0.15) is 0 Å². The number of carbonyl (C=O) groups excluding carboxylic acids is 1. The van der Waals surface area contributed by atoms with Gasteiger partial charge in [-0.1, -0.05) is 19.3 Å². The lowest BCUT2D eigenvalue weighted by molar-refractivity contribution is -0.124. The molecular weight excluding hydrogens is 242 g/mol. The summed E-state index contributed by atoms with van der Waals surface area (Å²) in [5.41, 5.74) is 0. The smallest absolute Gasteiger partial charge is 0.258 e. The summed E-state index contributed by atoms with van der Waals surface area (Å²) in [7, 11) is 1.62. The Kier molecular flexibility index (Phi) is 5.07. The van der Waals surface area contributed by atoms with Gasteiger partial charge in [0.1, 0.15) is 11.5 Å². The summed E-state index contributed by atoms with van der Waals surface area (Å²) < 4.78 is 10.5. The summed E-state index contributed by atoms with van der Waals surface area (Å²) >= 11 is 0. The van der Waals surface area contributed by atoms with Gasteiger partial charge in [-0.25, -0.2) is 0 Å². The number of benzene rings is 1. The molecule has 1 N–H and O–H groups in total. The van der Waals surface area contributed by atoms with Crippen LogP contribution in [0.1, 0.15) is 32.1 Å². The van der Waals surface area contributed by atoms with Crippen molar-refractivity contribution in [3.05, 3.63) is 24.3 Å². The molecule has 4 heteroatoms. The van der Waals surface area contributed by atoms with Crippen molar-refractivity contribution in [1.29, 1.82) is 0 Å². The lowest BCUT2D eigenvalue weighted by atomic mass is 9.95. The average Bonchev–Trinajstić information content (AvgIpc) is 2.47. The first-order valence-corrected chi connectivity index (χ1v) is 6.84. The molecule has 1 fully saturated rings. The molecule has 1 saturated carbocycles. The van der Waals surface area contributed by atoms with Crippen LogP contribution in [0.25, 0.3) is 0 Å². The molecule has 1 aliphatic carbocycles. The maximum absolute atomic E-state index is 11.7. The van der Waals surface area contributed by atoms with Gasteiger partial charge >= 0.3 is 0 Å². The van der Waals surface area contributed by atoms with Crippen molar-refractivity contribution in [1.82, 2.24) is 5.32 Å². The van der Waals surface area contributed by atoms with Crippen LogP contribution in [0.5, 0.6) is 11.5 Å². The van der Waals surface area contributed by atoms with Gasteiger partial charge in [0.05, 0.1) is 7.11 Å². The molecule has 0 unspecified atom stereocenters. The quantitative estimate of drug-likeness (QED) is 0.888. The van der Waals surface area contributed by atoms with Gasteiger partial charge in [-0.05, 0) is 37.1 Å². The van der Waals surface area contributed by atoms with Crippen molar-refractivity contribution in [2.24, 2.45) is 0 Å². The predicted octanol–water partition coefficient (Wildman–Crippen LogP) is 2.52. The molecule has 1 aromatic carbocycles. The van der Waals surface area contributed by atoms with Crippen LogP contribution in [0.15, 0.2) is 24.3 Å². The van der Waals surface area contributed by atoms with Crippen molar-refractivity contribution in [3.63, 3.8) is 0 Å². The molecule has 0 radical (unpaired) electrons. The van der Waals surface area contributed by atoms with Gasteiger partial charge in [-0.15, -0.1) is 0 Å². The third-order valence-corrected chi connectivity index (χ3v) is 3.40. The van der Waals surface area contributed by atoms with Crippen LogP contribution in [-0.2, 0) is 4.79 Å². The summed E-state index contributed by atoms with van der Waals surface area (Å²) in [5, 5.41) is 3.02. The van der Waals surface area contributed by atoms with Gasteiger partial charge in [0.2, 0.25) is 0 Å². The second kappa shape index (κ2) is 7.02. The van der Waals surface area contributed by atoms with E-state index >= 15 is 0 Å². The number of amides is 1. The van der Waals surface area contributed by atoms with Gasteiger partial charge < -0.3 is 14.8 Å². The monoisotopic (exact) mass is 263 g/mol. The van der Waals surface area contributed by atoms with E-state index < -0.39 is 0 Å². The van der Waals surface area contributed by atoms with Crippen LogP contribution in [0, 0.1) is 0 Å². The Hall–Kier alpha value is -1.71. The first-order chi connectivity index (χ1) is 9.28. The summed E-state index contributed by atoms with van der Waals surface area (Å²) in [4.78, 5) is 11.7. The lowest BCUT2D eigenvalue weighted by Gasteiger charge is -2.22. The van der Waals surface area contributed by atoms with E-state index in [1.807, 2.05) is 12.1 Å². The molecule has 1 amide bonds. The van der Waals surface area contributed by atoms with Crippen molar-refractivity contribution in [2.45, 2.75) is 38.1 Å². The molecular formula is C15H21NO3. The normalized spacial score (nSPS) is 15.8. The Morgan fingerprint density at radius 3 is 2.42 bits per heavy atom. The maximum Gasteiger partial charge on any atom is 0.258 e. The largest absolute Gasteiger partial charge is 0.497 e. The van der Waals surface area contributed by atoms with Crippen LogP contribution in [0.4, 0.5) is 0 Å². The van der Waals surface area contributed by atoms with Gasteiger partial charge in [-0.3, -0.25) is 4.79 Å². The van der Waals surface area contributed by atoms with Crippen molar-refractivity contribution >= 4 is 5.91 Å². The van der Waals surface area contributed by atoms with E-state index in [1.54, 1.807) is 19.2 Å². The molecule has 0 aromatic heterocycles. The highest BCUT2D eigenvalue weighted by atomic mass is 16.5. The van der Waals surface area contributed by atoms with Crippen LogP contribution < -0.4 is 14.8 Å². The third-order valence-electron chi connectivity index (χ3n) is 3.40. The topological polar surface area (TPSA) is 47.6 Å².